The molecule has 0 aromatic heterocycles. The Morgan fingerprint density at radius 2 is 2.00 bits per heavy atom. The molecular formula is C13H21BrN2O4S. The van der Waals surface area contributed by atoms with E-state index in [-0.39, 0.29) is 4.90 Å². The summed E-state index contributed by atoms with van der Waals surface area (Å²) >= 11 is 3.22. The van der Waals surface area contributed by atoms with Crippen LogP contribution >= 0.6 is 15.9 Å². The first-order chi connectivity index (χ1) is 9.97. The van der Waals surface area contributed by atoms with Crippen molar-refractivity contribution in [2.75, 3.05) is 39.2 Å². The van der Waals surface area contributed by atoms with Gasteiger partial charge in [-0.2, -0.15) is 0 Å². The lowest BCUT2D eigenvalue weighted by atomic mass is 10.3. The van der Waals surface area contributed by atoms with Crippen molar-refractivity contribution >= 4 is 31.6 Å². The third-order valence-corrected chi connectivity index (χ3v) is 5.14. The summed E-state index contributed by atoms with van der Waals surface area (Å²) in [6.45, 7) is 2.07. The topological polar surface area (TPSA) is 90.6 Å². The van der Waals surface area contributed by atoms with Crippen molar-refractivity contribution in [3.63, 3.8) is 0 Å². The fourth-order valence-electron chi connectivity index (χ4n) is 1.58. The van der Waals surface area contributed by atoms with E-state index in [1.54, 1.807) is 19.2 Å². The average molecular weight is 381 g/mol. The second-order valence-electron chi connectivity index (χ2n) is 4.40. The molecule has 0 aliphatic rings. The Hall–Kier alpha value is -0.670. The van der Waals surface area contributed by atoms with Gasteiger partial charge in [0.05, 0.1) is 18.1 Å². The Kier molecular flexibility index (Phi) is 8.20. The number of benzene rings is 1. The molecule has 6 nitrogen and oxygen atoms in total. The lowest BCUT2D eigenvalue weighted by molar-refractivity contribution is 0.0689. The summed E-state index contributed by atoms with van der Waals surface area (Å²) in [7, 11) is -1.93. The molecule has 0 aliphatic carbocycles. The zero-order valence-electron chi connectivity index (χ0n) is 12.0. The highest BCUT2D eigenvalue weighted by molar-refractivity contribution is 9.10. The van der Waals surface area contributed by atoms with Crippen molar-refractivity contribution in [1.29, 1.82) is 0 Å². The number of halogens is 1. The van der Waals surface area contributed by atoms with Crippen LogP contribution in [-0.4, -0.2) is 41.9 Å². The maximum Gasteiger partial charge on any atom is 0.241 e. The first-order valence-corrected chi connectivity index (χ1v) is 8.86. The van der Waals surface area contributed by atoms with Crippen LogP contribution in [0.2, 0.25) is 0 Å². The number of rotatable bonds is 10. The third kappa shape index (κ3) is 6.75. The third-order valence-electron chi connectivity index (χ3n) is 2.68. The van der Waals surface area contributed by atoms with Crippen molar-refractivity contribution in [2.24, 2.45) is 0 Å². The molecule has 0 unspecified atom stereocenters. The molecule has 0 saturated heterocycles. The van der Waals surface area contributed by atoms with Gasteiger partial charge in [-0.15, -0.1) is 0 Å². The number of methoxy groups -OCH3 is 1. The minimum atomic E-state index is -3.55. The second kappa shape index (κ2) is 9.37. The number of nitrogens with one attached hydrogen (secondary N) is 1. The normalized spacial score (nSPS) is 11.7. The Labute approximate surface area is 134 Å². The molecule has 1 rings (SSSR count). The van der Waals surface area contributed by atoms with E-state index in [0.717, 1.165) is 6.42 Å². The minimum absolute atomic E-state index is 0.152. The van der Waals surface area contributed by atoms with Gasteiger partial charge in [0.1, 0.15) is 0 Å². The van der Waals surface area contributed by atoms with Crippen LogP contribution in [0.5, 0.6) is 0 Å². The second-order valence-corrected chi connectivity index (χ2v) is 6.99. The fraction of sp³-hybridized carbons (Fsp3) is 0.538. The van der Waals surface area contributed by atoms with Crippen molar-refractivity contribution in [2.45, 2.75) is 17.7 Å². The number of nitrogens with two attached hydrogens (primary N) is 1. The minimum Gasteiger partial charge on any atom is -0.399 e. The molecular weight excluding hydrogens is 360 g/mol. The number of ether oxygens (including phenoxy) is 2. The van der Waals surface area contributed by atoms with Crippen LogP contribution in [0.3, 0.4) is 0 Å². The summed E-state index contributed by atoms with van der Waals surface area (Å²) in [5, 5.41) is 0. The molecule has 0 spiro atoms. The van der Waals surface area contributed by atoms with Crippen LogP contribution in [0, 0.1) is 0 Å². The standard InChI is InChI=1S/C13H21BrN2O4S/c1-19-8-9-20-7-3-2-6-16-21(17,18)13-10-11(15)4-5-12(13)14/h4-5,10,16H,2-3,6-9,15H2,1H3. The van der Waals surface area contributed by atoms with E-state index in [1.165, 1.54) is 6.07 Å². The lowest BCUT2D eigenvalue weighted by Crippen LogP contribution is -2.25. The smallest absolute Gasteiger partial charge is 0.241 e. The number of anilines is 1. The highest BCUT2D eigenvalue weighted by atomic mass is 79.9. The van der Waals surface area contributed by atoms with Gasteiger partial charge in [0.25, 0.3) is 0 Å². The van der Waals surface area contributed by atoms with Gasteiger partial charge in [-0.1, -0.05) is 0 Å². The Morgan fingerprint density at radius 3 is 2.71 bits per heavy atom. The van der Waals surface area contributed by atoms with E-state index in [9.17, 15) is 8.42 Å². The summed E-state index contributed by atoms with van der Waals surface area (Å²) in [6.07, 6.45) is 1.48. The van der Waals surface area contributed by atoms with Gasteiger partial charge >= 0.3 is 0 Å². The summed E-state index contributed by atoms with van der Waals surface area (Å²) < 4.78 is 37.5. The molecule has 1 aromatic rings. The Bertz CT molecular complexity index is 537. The first-order valence-electron chi connectivity index (χ1n) is 6.59. The number of unbranched alkanes of at least 4 members (excludes halogenated alkanes) is 1. The molecule has 8 heteroatoms. The van der Waals surface area contributed by atoms with E-state index < -0.39 is 10.0 Å². The van der Waals surface area contributed by atoms with E-state index in [4.69, 9.17) is 15.2 Å². The molecule has 3 N–H and O–H groups in total. The summed E-state index contributed by atoms with van der Waals surface area (Å²) in [6, 6.07) is 4.69. The van der Waals surface area contributed by atoms with E-state index in [1.807, 2.05) is 0 Å². The predicted molar refractivity (Wildman–Crippen MR) is 85.7 cm³/mol. The Morgan fingerprint density at radius 1 is 1.24 bits per heavy atom. The lowest BCUT2D eigenvalue weighted by Gasteiger charge is -2.09. The van der Waals surface area contributed by atoms with Gasteiger partial charge in [-0.25, -0.2) is 13.1 Å². The molecule has 21 heavy (non-hydrogen) atoms. The monoisotopic (exact) mass is 380 g/mol. The van der Waals surface area contributed by atoms with Crippen molar-refractivity contribution in [3.8, 4) is 0 Å². The molecule has 0 fully saturated rings. The van der Waals surface area contributed by atoms with Crippen LogP contribution in [0.15, 0.2) is 27.6 Å². The fourth-order valence-corrected chi connectivity index (χ4v) is 3.65. The number of nitrogen functional groups attached to an aromatic ring is 1. The van der Waals surface area contributed by atoms with Crippen LogP contribution in [0.1, 0.15) is 12.8 Å². The van der Waals surface area contributed by atoms with E-state index >= 15 is 0 Å². The van der Waals surface area contributed by atoms with Crippen LogP contribution in [0.25, 0.3) is 0 Å². The van der Waals surface area contributed by atoms with Crippen molar-refractivity contribution in [3.05, 3.63) is 22.7 Å². The highest BCUT2D eigenvalue weighted by Gasteiger charge is 2.17. The van der Waals surface area contributed by atoms with Gasteiger partial charge in [-0.05, 0) is 47.0 Å². The Balaban J connectivity index is 2.35. The molecule has 1 aromatic carbocycles. The zero-order valence-corrected chi connectivity index (χ0v) is 14.4. The van der Waals surface area contributed by atoms with Gasteiger partial charge < -0.3 is 15.2 Å². The molecule has 0 bridgehead atoms. The molecule has 0 saturated carbocycles. The van der Waals surface area contributed by atoms with E-state index in [2.05, 4.69) is 20.7 Å². The van der Waals surface area contributed by atoms with Crippen LogP contribution < -0.4 is 10.5 Å². The molecule has 120 valence electrons. The number of sulfonamides is 1. The molecule has 0 aliphatic heterocycles. The predicted octanol–water partition coefficient (Wildman–Crippen LogP) is 1.75. The van der Waals surface area contributed by atoms with Gasteiger partial charge in [-0.3, -0.25) is 0 Å². The molecule has 0 radical (unpaired) electrons. The van der Waals surface area contributed by atoms with Gasteiger partial charge in [0, 0.05) is 30.4 Å². The largest absolute Gasteiger partial charge is 0.399 e. The van der Waals surface area contributed by atoms with Gasteiger partial charge in [0.2, 0.25) is 10.0 Å². The zero-order chi connectivity index (χ0) is 15.7. The SMILES string of the molecule is COCCOCCCCNS(=O)(=O)c1cc(N)ccc1Br. The summed E-state index contributed by atoms with van der Waals surface area (Å²) in [5.41, 5.74) is 6.03. The van der Waals surface area contributed by atoms with E-state index in [0.29, 0.717) is 42.9 Å². The van der Waals surface area contributed by atoms with Crippen LogP contribution in [0.4, 0.5) is 5.69 Å². The highest BCUT2D eigenvalue weighted by Crippen LogP contribution is 2.23. The van der Waals surface area contributed by atoms with Gasteiger partial charge in [0.15, 0.2) is 0 Å². The molecule has 0 atom stereocenters. The number of hydrogen-bond acceptors (Lipinski definition) is 5. The summed E-state index contributed by atoms with van der Waals surface area (Å²) in [4.78, 5) is 0.152. The molecule has 0 amide bonds. The summed E-state index contributed by atoms with van der Waals surface area (Å²) in [5.74, 6) is 0. The first kappa shape index (κ1) is 18.4. The van der Waals surface area contributed by atoms with Crippen LogP contribution in [-0.2, 0) is 19.5 Å². The van der Waals surface area contributed by atoms with Crippen molar-refractivity contribution < 1.29 is 17.9 Å². The van der Waals surface area contributed by atoms with Crippen molar-refractivity contribution in [1.82, 2.24) is 4.72 Å². The average Bonchev–Trinajstić information content (AvgIpc) is 2.44. The molecule has 0 heterocycles. The maximum atomic E-state index is 12.1. The number of hydrogen-bond donors (Lipinski definition) is 2. The quantitative estimate of drug-likeness (QED) is 0.476. The maximum absolute atomic E-state index is 12.1.